The topological polar surface area (TPSA) is 80.8 Å². The van der Waals surface area contributed by atoms with Gasteiger partial charge in [-0.1, -0.05) is 0 Å². The Morgan fingerprint density at radius 3 is 3.20 bits per heavy atom. The second-order valence-electron chi connectivity index (χ2n) is 1.53. The van der Waals surface area contributed by atoms with E-state index in [4.69, 9.17) is 0 Å². The van der Waals surface area contributed by atoms with Crippen LogP contribution in [0.3, 0.4) is 0 Å². The normalized spacial score (nSPS) is 9.20. The van der Waals surface area contributed by atoms with Crippen LogP contribution in [0.4, 0.5) is 0 Å². The maximum atomic E-state index is 9.52. The molecule has 0 spiro atoms. The van der Waals surface area contributed by atoms with Gasteiger partial charge in [0.2, 0.25) is 0 Å². The number of nitrogens with one attached hydrogen (secondary N) is 1. The Morgan fingerprint density at radius 2 is 2.60 bits per heavy atom. The van der Waals surface area contributed by atoms with Crippen LogP contribution < -0.4 is 0 Å². The van der Waals surface area contributed by atoms with Gasteiger partial charge in [0.05, 0.1) is 6.61 Å². The predicted octanol–water partition coefficient (Wildman–Crippen LogP) is -1.17. The highest BCUT2D eigenvalue weighted by molar-refractivity contribution is 5.38. The SMILES string of the molecule is O=[C]OCCc1nnn[nH]1. The second-order valence-corrected chi connectivity index (χ2v) is 1.53. The fourth-order valence-electron chi connectivity index (χ4n) is 0.474. The number of nitrogens with zero attached hydrogens (tertiary/aromatic N) is 3. The number of hydrogen-bond acceptors (Lipinski definition) is 5. The number of carbonyl (C=O) groups excluding carboxylic acids is 1. The van der Waals surface area contributed by atoms with Crippen molar-refractivity contribution in [2.45, 2.75) is 6.42 Å². The number of H-pyrrole nitrogens is 1. The fourth-order valence-corrected chi connectivity index (χ4v) is 0.474. The summed E-state index contributed by atoms with van der Waals surface area (Å²) < 4.78 is 4.29. The van der Waals surface area contributed by atoms with E-state index in [1.807, 2.05) is 0 Å². The zero-order valence-electron chi connectivity index (χ0n) is 5.07. The van der Waals surface area contributed by atoms with Crippen molar-refractivity contribution in [1.82, 2.24) is 20.6 Å². The minimum Gasteiger partial charge on any atom is -0.457 e. The van der Waals surface area contributed by atoms with E-state index in [-0.39, 0.29) is 6.61 Å². The van der Waals surface area contributed by atoms with E-state index >= 15 is 0 Å². The standard InChI is InChI=1S/C4H5N4O2/c9-3-10-2-1-4-5-7-8-6-4/h1-2H2,(H,5,6,7,8). The van der Waals surface area contributed by atoms with Gasteiger partial charge in [-0.05, 0) is 10.4 Å². The summed E-state index contributed by atoms with van der Waals surface area (Å²) in [5.41, 5.74) is 0. The lowest BCUT2D eigenvalue weighted by molar-refractivity contribution is 0.279. The molecule has 6 nitrogen and oxygen atoms in total. The first kappa shape index (κ1) is 6.66. The van der Waals surface area contributed by atoms with Gasteiger partial charge in [0.1, 0.15) is 0 Å². The van der Waals surface area contributed by atoms with Gasteiger partial charge < -0.3 is 4.74 Å². The van der Waals surface area contributed by atoms with E-state index in [0.717, 1.165) is 0 Å². The third-order valence-corrected chi connectivity index (χ3v) is 0.889. The van der Waals surface area contributed by atoms with Crippen LogP contribution in [-0.4, -0.2) is 33.7 Å². The summed E-state index contributed by atoms with van der Waals surface area (Å²) in [5.74, 6) is 0.593. The molecular weight excluding hydrogens is 136 g/mol. The summed E-state index contributed by atoms with van der Waals surface area (Å²) in [7, 11) is 0. The molecule has 0 aromatic carbocycles. The Labute approximate surface area is 56.6 Å². The van der Waals surface area contributed by atoms with Crippen molar-refractivity contribution >= 4 is 6.47 Å². The quantitative estimate of drug-likeness (QED) is 0.534. The summed E-state index contributed by atoms with van der Waals surface area (Å²) in [5, 5.41) is 12.7. The Morgan fingerprint density at radius 1 is 1.70 bits per heavy atom. The lowest BCUT2D eigenvalue weighted by Gasteiger charge is -1.90. The molecule has 0 aliphatic heterocycles. The van der Waals surface area contributed by atoms with Crippen LogP contribution in [0.2, 0.25) is 0 Å². The molecule has 0 atom stereocenters. The number of aromatic amines is 1. The van der Waals surface area contributed by atoms with E-state index in [0.29, 0.717) is 12.2 Å². The Kier molecular flexibility index (Phi) is 2.36. The summed E-state index contributed by atoms with van der Waals surface area (Å²) in [6.45, 7) is 1.55. The van der Waals surface area contributed by atoms with Crippen molar-refractivity contribution in [3.63, 3.8) is 0 Å². The van der Waals surface area contributed by atoms with Gasteiger partial charge in [0.25, 0.3) is 0 Å². The van der Waals surface area contributed by atoms with E-state index < -0.39 is 0 Å². The molecule has 1 rings (SSSR count). The largest absolute Gasteiger partial charge is 0.457 e. The lowest BCUT2D eigenvalue weighted by Crippen LogP contribution is -1.98. The third-order valence-electron chi connectivity index (χ3n) is 0.889. The molecule has 0 saturated heterocycles. The molecule has 0 aliphatic rings. The maximum absolute atomic E-state index is 9.52. The molecule has 6 heteroatoms. The number of tetrazole rings is 1. The van der Waals surface area contributed by atoms with Crippen LogP contribution in [0.1, 0.15) is 5.82 Å². The van der Waals surface area contributed by atoms with Crippen LogP contribution in [0.15, 0.2) is 0 Å². The zero-order chi connectivity index (χ0) is 7.23. The molecular formula is C4H5N4O2. The average molecular weight is 141 g/mol. The Bertz CT molecular complexity index is 185. The molecule has 1 N–H and O–H groups in total. The zero-order valence-corrected chi connectivity index (χ0v) is 5.07. The Hall–Kier alpha value is -1.46. The summed E-state index contributed by atoms with van der Waals surface area (Å²) in [4.78, 5) is 9.52. The van der Waals surface area contributed by atoms with E-state index in [9.17, 15) is 4.79 Å². The highest BCUT2D eigenvalue weighted by atomic mass is 16.5. The van der Waals surface area contributed by atoms with E-state index in [1.165, 1.54) is 6.47 Å². The first-order chi connectivity index (χ1) is 4.93. The lowest BCUT2D eigenvalue weighted by atomic mass is 10.4. The number of rotatable bonds is 4. The van der Waals surface area contributed by atoms with Crippen molar-refractivity contribution in [2.75, 3.05) is 6.61 Å². The molecule has 0 bridgehead atoms. The molecule has 0 saturated carbocycles. The average Bonchev–Trinajstić information content (AvgIpc) is 2.41. The van der Waals surface area contributed by atoms with Gasteiger partial charge in [-0.15, -0.1) is 5.10 Å². The number of ether oxygens (including phenoxy) is 1. The molecule has 0 fully saturated rings. The van der Waals surface area contributed by atoms with Gasteiger partial charge in [-0.25, -0.2) is 9.89 Å². The van der Waals surface area contributed by atoms with E-state index in [2.05, 4.69) is 25.4 Å². The van der Waals surface area contributed by atoms with Crippen LogP contribution in [0, 0.1) is 0 Å². The van der Waals surface area contributed by atoms with Crippen LogP contribution >= 0.6 is 0 Å². The first-order valence-electron chi connectivity index (χ1n) is 2.65. The highest BCUT2D eigenvalue weighted by Crippen LogP contribution is 1.84. The summed E-state index contributed by atoms with van der Waals surface area (Å²) in [6.07, 6.45) is 0.488. The molecule has 1 radical (unpaired) electrons. The minimum atomic E-state index is 0.250. The summed E-state index contributed by atoms with van der Waals surface area (Å²) >= 11 is 0. The van der Waals surface area contributed by atoms with Crippen LogP contribution in [0.5, 0.6) is 0 Å². The summed E-state index contributed by atoms with van der Waals surface area (Å²) in [6, 6.07) is 0. The van der Waals surface area contributed by atoms with Gasteiger partial charge in [0.15, 0.2) is 5.82 Å². The Balaban J connectivity index is 2.21. The monoisotopic (exact) mass is 141 g/mol. The molecule has 53 valence electrons. The first-order valence-corrected chi connectivity index (χ1v) is 2.65. The van der Waals surface area contributed by atoms with Crippen LogP contribution in [-0.2, 0) is 16.0 Å². The van der Waals surface area contributed by atoms with Gasteiger partial charge in [-0.2, -0.15) is 0 Å². The number of aromatic nitrogens is 4. The molecule has 0 amide bonds. The molecule has 1 aromatic rings. The molecule has 1 aromatic heterocycles. The van der Waals surface area contributed by atoms with Crippen molar-refractivity contribution in [3.8, 4) is 0 Å². The van der Waals surface area contributed by atoms with Crippen molar-refractivity contribution in [3.05, 3.63) is 5.82 Å². The smallest absolute Gasteiger partial charge is 0.417 e. The fraction of sp³-hybridized carbons (Fsp3) is 0.500. The molecule has 0 aliphatic carbocycles. The third kappa shape index (κ3) is 1.81. The van der Waals surface area contributed by atoms with Crippen molar-refractivity contribution in [1.29, 1.82) is 0 Å². The van der Waals surface area contributed by atoms with Crippen LogP contribution in [0.25, 0.3) is 0 Å². The van der Waals surface area contributed by atoms with Crippen molar-refractivity contribution < 1.29 is 9.53 Å². The second kappa shape index (κ2) is 3.54. The highest BCUT2D eigenvalue weighted by Gasteiger charge is 1.95. The van der Waals surface area contributed by atoms with Gasteiger partial charge >= 0.3 is 6.47 Å². The number of hydrogen-bond donors (Lipinski definition) is 1. The van der Waals surface area contributed by atoms with Gasteiger partial charge in [-0.3, -0.25) is 0 Å². The molecule has 10 heavy (non-hydrogen) atoms. The molecule has 0 unspecified atom stereocenters. The maximum Gasteiger partial charge on any atom is 0.417 e. The van der Waals surface area contributed by atoms with Crippen molar-refractivity contribution in [2.24, 2.45) is 0 Å². The minimum absolute atomic E-state index is 0.250. The van der Waals surface area contributed by atoms with Gasteiger partial charge in [0, 0.05) is 6.42 Å². The predicted molar refractivity (Wildman–Crippen MR) is 29.5 cm³/mol. The van der Waals surface area contributed by atoms with E-state index in [1.54, 1.807) is 0 Å². The molecule has 1 heterocycles.